The van der Waals surface area contributed by atoms with Crippen LogP contribution in [0.2, 0.25) is 0 Å². The third-order valence-corrected chi connectivity index (χ3v) is 5.07. The standard InChI is InChI=1S/C19H26N4O/c1-3-19(10-7-11-19)14-22-18(20-2)21-13-16-12-17(24-23-16)15-8-5-4-6-9-15/h4-6,8-9,12H,3,7,10-11,13-14H2,1-2H3,(H2,20,21,22). The summed E-state index contributed by atoms with van der Waals surface area (Å²) >= 11 is 0. The molecule has 2 N–H and O–H groups in total. The van der Waals surface area contributed by atoms with Crippen molar-refractivity contribution >= 4 is 5.96 Å². The van der Waals surface area contributed by atoms with E-state index < -0.39 is 0 Å². The van der Waals surface area contributed by atoms with Gasteiger partial charge in [-0.05, 0) is 24.7 Å². The fraction of sp³-hybridized carbons (Fsp3) is 0.474. The Labute approximate surface area is 143 Å². The maximum Gasteiger partial charge on any atom is 0.191 e. The zero-order valence-electron chi connectivity index (χ0n) is 14.5. The molecule has 1 aromatic carbocycles. The maximum absolute atomic E-state index is 5.42. The number of aromatic nitrogens is 1. The normalized spacial score (nSPS) is 16.5. The lowest BCUT2D eigenvalue weighted by molar-refractivity contribution is 0.131. The summed E-state index contributed by atoms with van der Waals surface area (Å²) in [6.45, 7) is 3.85. The molecule has 1 aromatic heterocycles. The highest BCUT2D eigenvalue weighted by Gasteiger charge is 2.34. The summed E-state index contributed by atoms with van der Waals surface area (Å²) in [6, 6.07) is 12.0. The van der Waals surface area contributed by atoms with E-state index in [-0.39, 0.29) is 0 Å². The first kappa shape index (κ1) is 16.6. The quantitative estimate of drug-likeness (QED) is 0.629. The number of benzene rings is 1. The van der Waals surface area contributed by atoms with Crippen molar-refractivity contribution in [2.24, 2.45) is 10.4 Å². The Kier molecular flexibility index (Phi) is 5.18. The maximum atomic E-state index is 5.42. The molecule has 0 radical (unpaired) electrons. The summed E-state index contributed by atoms with van der Waals surface area (Å²) in [5.74, 6) is 1.61. The number of rotatable bonds is 6. The summed E-state index contributed by atoms with van der Waals surface area (Å²) in [6.07, 6.45) is 5.21. The van der Waals surface area contributed by atoms with E-state index in [9.17, 15) is 0 Å². The van der Waals surface area contributed by atoms with Gasteiger partial charge >= 0.3 is 0 Å². The molecule has 0 amide bonds. The van der Waals surface area contributed by atoms with Crippen molar-refractivity contribution in [2.75, 3.05) is 13.6 Å². The van der Waals surface area contributed by atoms with E-state index in [0.717, 1.165) is 29.5 Å². The fourth-order valence-corrected chi connectivity index (χ4v) is 3.13. The molecule has 1 heterocycles. The van der Waals surface area contributed by atoms with Gasteiger partial charge in [0.1, 0.15) is 5.69 Å². The second-order valence-electron chi connectivity index (χ2n) is 6.53. The zero-order chi connectivity index (χ0) is 16.8. The molecule has 24 heavy (non-hydrogen) atoms. The Morgan fingerprint density at radius 2 is 2.04 bits per heavy atom. The van der Waals surface area contributed by atoms with E-state index in [0.29, 0.717) is 12.0 Å². The lowest BCUT2D eigenvalue weighted by Gasteiger charge is -2.41. The van der Waals surface area contributed by atoms with Crippen molar-refractivity contribution < 1.29 is 4.52 Å². The molecule has 128 valence electrons. The Morgan fingerprint density at radius 1 is 1.25 bits per heavy atom. The summed E-state index contributed by atoms with van der Waals surface area (Å²) in [5, 5.41) is 10.9. The molecule has 0 atom stereocenters. The third kappa shape index (κ3) is 3.78. The fourth-order valence-electron chi connectivity index (χ4n) is 3.13. The number of nitrogens with zero attached hydrogens (tertiary/aromatic N) is 2. The van der Waals surface area contributed by atoms with Crippen molar-refractivity contribution in [3.8, 4) is 11.3 Å². The summed E-state index contributed by atoms with van der Waals surface area (Å²) in [7, 11) is 1.80. The third-order valence-electron chi connectivity index (χ3n) is 5.07. The first-order valence-electron chi connectivity index (χ1n) is 8.70. The minimum absolute atomic E-state index is 0.464. The van der Waals surface area contributed by atoms with Crippen LogP contribution in [0.15, 0.2) is 45.9 Å². The lowest BCUT2D eigenvalue weighted by Crippen LogP contribution is -2.46. The van der Waals surface area contributed by atoms with E-state index in [1.807, 2.05) is 36.4 Å². The molecule has 0 unspecified atom stereocenters. The van der Waals surface area contributed by atoms with E-state index in [1.165, 1.54) is 25.7 Å². The number of hydrogen-bond acceptors (Lipinski definition) is 3. The molecular weight excluding hydrogens is 300 g/mol. The molecule has 0 saturated heterocycles. The average Bonchev–Trinajstić information content (AvgIpc) is 3.06. The van der Waals surface area contributed by atoms with Crippen LogP contribution in [-0.4, -0.2) is 24.7 Å². The van der Waals surface area contributed by atoms with Crippen LogP contribution in [0.4, 0.5) is 0 Å². The van der Waals surface area contributed by atoms with Crippen LogP contribution in [0.5, 0.6) is 0 Å². The highest BCUT2D eigenvalue weighted by atomic mass is 16.5. The molecular formula is C19H26N4O. The molecule has 2 aromatic rings. The summed E-state index contributed by atoms with van der Waals surface area (Å²) < 4.78 is 5.42. The van der Waals surface area contributed by atoms with Gasteiger partial charge in [0.2, 0.25) is 0 Å². The average molecular weight is 326 g/mol. The van der Waals surface area contributed by atoms with Gasteiger partial charge in [-0.3, -0.25) is 4.99 Å². The van der Waals surface area contributed by atoms with E-state index in [1.54, 1.807) is 7.05 Å². The molecule has 0 bridgehead atoms. The van der Waals surface area contributed by atoms with Gasteiger partial charge in [-0.2, -0.15) is 0 Å². The molecule has 5 heteroatoms. The molecule has 3 rings (SSSR count). The minimum atomic E-state index is 0.464. The monoisotopic (exact) mass is 326 g/mol. The van der Waals surface area contributed by atoms with Gasteiger partial charge in [-0.1, -0.05) is 48.8 Å². The Hall–Kier alpha value is -2.30. The predicted octanol–water partition coefficient (Wildman–Crippen LogP) is 3.59. The first-order valence-corrected chi connectivity index (χ1v) is 8.70. The lowest BCUT2D eigenvalue weighted by atomic mass is 9.67. The minimum Gasteiger partial charge on any atom is -0.356 e. The van der Waals surface area contributed by atoms with Crippen molar-refractivity contribution in [1.29, 1.82) is 0 Å². The van der Waals surface area contributed by atoms with Crippen LogP contribution in [0.25, 0.3) is 11.3 Å². The topological polar surface area (TPSA) is 62.5 Å². The first-order chi connectivity index (χ1) is 11.7. The SMILES string of the molecule is CCC1(CNC(=NC)NCc2cc(-c3ccccc3)on2)CCC1. The van der Waals surface area contributed by atoms with Gasteiger partial charge in [0.25, 0.3) is 0 Å². The van der Waals surface area contributed by atoms with Gasteiger partial charge in [-0.15, -0.1) is 0 Å². The molecule has 0 spiro atoms. The smallest absolute Gasteiger partial charge is 0.191 e. The van der Waals surface area contributed by atoms with Crippen LogP contribution in [0.1, 0.15) is 38.3 Å². The zero-order valence-corrected chi connectivity index (χ0v) is 14.5. The van der Waals surface area contributed by atoms with Gasteiger partial charge < -0.3 is 15.2 Å². The molecule has 5 nitrogen and oxygen atoms in total. The number of hydrogen-bond donors (Lipinski definition) is 2. The number of nitrogens with one attached hydrogen (secondary N) is 2. The van der Waals surface area contributed by atoms with Crippen LogP contribution < -0.4 is 10.6 Å². The molecule has 1 saturated carbocycles. The summed E-state index contributed by atoms with van der Waals surface area (Å²) in [4.78, 5) is 4.30. The molecule has 1 aliphatic carbocycles. The van der Waals surface area contributed by atoms with Gasteiger partial charge in [-0.25, -0.2) is 0 Å². The Morgan fingerprint density at radius 3 is 2.67 bits per heavy atom. The van der Waals surface area contributed by atoms with Crippen molar-refractivity contribution in [2.45, 2.75) is 39.2 Å². The van der Waals surface area contributed by atoms with E-state index in [2.05, 4.69) is 27.7 Å². The van der Waals surface area contributed by atoms with Crippen LogP contribution in [0, 0.1) is 5.41 Å². The van der Waals surface area contributed by atoms with Crippen molar-refractivity contribution in [3.05, 3.63) is 42.1 Å². The van der Waals surface area contributed by atoms with Crippen LogP contribution in [-0.2, 0) is 6.54 Å². The van der Waals surface area contributed by atoms with Crippen LogP contribution >= 0.6 is 0 Å². The highest BCUT2D eigenvalue weighted by molar-refractivity contribution is 5.79. The number of aliphatic imine (C=N–C) groups is 1. The second kappa shape index (κ2) is 7.51. The van der Waals surface area contributed by atoms with E-state index in [4.69, 9.17) is 4.52 Å². The predicted molar refractivity (Wildman–Crippen MR) is 96.7 cm³/mol. The molecule has 1 fully saturated rings. The van der Waals surface area contributed by atoms with E-state index >= 15 is 0 Å². The summed E-state index contributed by atoms with van der Waals surface area (Å²) in [5.41, 5.74) is 2.37. The Balaban J connectivity index is 1.52. The van der Waals surface area contributed by atoms with Gasteiger partial charge in [0, 0.05) is 25.2 Å². The van der Waals surface area contributed by atoms with Gasteiger partial charge in [0.05, 0.1) is 6.54 Å². The van der Waals surface area contributed by atoms with Crippen LogP contribution in [0.3, 0.4) is 0 Å². The molecule has 1 aliphatic rings. The molecule has 0 aliphatic heterocycles. The number of guanidine groups is 1. The van der Waals surface area contributed by atoms with Gasteiger partial charge in [0.15, 0.2) is 11.7 Å². The van der Waals surface area contributed by atoms with Crippen molar-refractivity contribution in [3.63, 3.8) is 0 Å². The van der Waals surface area contributed by atoms with Crippen molar-refractivity contribution in [1.82, 2.24) is 15.8 Å². The Bertz CT molecular complexity index is 668. The largest absolute Gasteiger partial charge is 0.356 e. The second-order valence-corrected chi connectivity index (χ2v) is 6.53. The highest BCUT2D eigenvalue weighted by Crippen LogP contribution is 2.42.